The number of ether oxygens (including phenoxy) is 3. The third-order valence-electron chi connectivity index (χ3n) is 8.34. The van der Waals surface area contributed by atoms with Crippen molar-refractivity contribution in [1.29, 1.82) is 0 Å². The topological polar surface area (TPSA) is 182 Å². The van der Waals surface area contributed by atoms with Gasteiger partial charge in [-0.2, -0.15) is 15.1 Å². The second-order valence-electron chi connectivity index (χ2n) is 11.5. The fourth-order valence-corrected chi connectivity index (χ4v) is 7.63. The van der Waals surface area contributed by atoms with Gasteiger partial charge in [-0.15, -0.1) is 0 Å². The van der Waals surface area contributed by atoms with Crippen molar-refractivity contribution < 1.29 is 46.5 Å². The summed E-state index contributed by atoms with van der Waals surface area (Å²) in [4.78, 5) is 25.1. The number of para-hydroxylation sites is 1. The number of rotatable bonds is 11. The lowest BCUT2D eigenvalue weighted by Crippen LogP contribution is -2.45. The van der Waals surface area contributed by atoms with Gasteiger partial charge in [0, 0.05) is 0 Å². The molecular weight excluding hydrogens is 617 g/mol. The van der Waals surface area contributed by atoms with Crippen molar-refractivity contribution in [2.24, 2.45) is 0 Å². The third-order valence-corrected chi connectivity index (χ3v) is 9.98. The Kier molecular flexibility index (Phi) is 8.01. The summed E-state index contributed by atoms with van der Waals surface area (Å²) in [6.07, 6.45) is 1.20. The highest BCUT2D eigenvalue weighted by atomic mass is 31.2. The van der Waals surface area contributed by atoms with E-state index in [4.69, 9.17) is 29.0 Å². The van der Waals surface area contributed by atoms with Crippen LogP contribution in [0.4, 0.5) is 14.7 Å². The van der Waals surface area contributed by atoms with Gasteiger partial charge in [0.15, 0.2) is 34.8 Å². The van der Waals surface area contributed by atoms with Gasteiger partial charge in [0.2, 0.25) is 11.8 Å². The van der Waals surface area contributed by atoms with E-state index in [0.717, 1.165) is 37.1 Å². The van der Waals surface area contributed by atoms with Crippen LogP contribution in [0.3, 0.4) is 0 Å². The zero-order valence-corrected chi connectivity index (χ0v) is 25.8. The first kappa shape index (κ1) is 31.5. The number of nitrogens with two attached hydrogens (primary N) is 1. The van der Waals surface area contributed by atoms with Crippen LogP contribution in [0.5, 0.6) is 11.6 Å². The van der Waals surface area contributed by atoms with Gasteiger partial charge >= 0.3 is 13.7 Å². The highest BCUT2D eigenvalue weighted by molar-refractivity contribution is 7.52. The maximum Gasteiger partial charge on any atom is 0.460 e. The molecule has 6 rings (SSSR count). The van der Waals surface area contributed by atoms with Crippen LogP contribution in [-0.2, 0) is 23.4 Å². The Morgan fingerprint density at radius 2 is 1.96 bits per heavy atom. The van der Waals surface area contributed by atoms with Crippen molar-refractivity contribution in [1.82, 2.24) is 24.6 Å². The summed E-state index contributed by atoms with van der Waals surface area (Å²) in [7, 11) is -4.70. The zero-order chi connectivity index (χ0) is 32.2. The minimum absolute atomic E-state index is 0.0264. The Labute approximate surface area is 257 Å². The molecule has 14 nitrogen and oxygen atoms in total. The van der Waals surface area contributed by atoms with E-state index in [1.165, 1.54) is 19.1 Å². The molecule has 0 spiro atoms. The molecule has 0 radical (unpaired) electrons. The summed E-state index contributed by atoms with van der Waals surface area (Å²) in [5.41, 5.74) is 0.00209. The quantitative estimate of drug-likeness (QED) is 0.201. The van der Waals surface area contributed by atoms with Gasteiger partial charge in [0.25, 0.3) is 5.85 Å². The number of halogens is 2. The lowest BCUT2D eigenvalue weighted by Gasteiger charge is -2.31. The normalized spacial score (nSPS) is 31.6. The van der Waals surface area contributed by atoms with Gasteiger partial charge in [-0.25, -0.2) is 18.3 Å². The monoisotopic (exact) mass is 652 g/mol. The van der Waals surface area contributed by atoms with E-state index in [1.54, 1.807) is 25.1 Å². The average Bonchev–Trinajstić information content (AvgIpc) is 3.23. The fourth-order valence-electron chi connectivity index (χ4n) is 5.93. The summed E-state index contributed by atoms with van der Waals surface area (Å²) in [5.74, 6) is -4.06. The number of nitrogens with zero attached hydrogens (tertiary/aromatic N) is 4. The first-order chi connectivity index (χ1) is 21.3. The molecule has 2 saturated carbocycles. The number of carbonyl (C=O) groups is 1. The summed E-state index contributed by atoms with van der Waals surface area (Å²) in [5, 5.41) is 13.9. The van der Waals surface area contributed by atoms with Gasteiger partial charge < -0.3 is 29.6 Å². The van der Waals surface area contributed by atoms with Crippen molar-refractivity contribution in [3.63, 3.8) is 0 Å². The molecule has 3 heterocycles. The van der Waals surface area contributed by atoms with Crippen LogP contribution in [0.2, 0.25) is 0 Å². The summed E-state index contributed by atoms with van der Waals surface area (Å²) in [6.45, 7) is 4.22. The highest BCUT2D eigenvalue weighted by Crippen LogP contribution is 2.73. The Bertz CT molecular complexity index is 1630. The molecule has 3 aromatic rings. The van der Waals surface area contributed by atoms with Crippen LogP contribution >= 0.6 is 7.75 Å². The molecule has 244 valence electrons. The number of carbonyl (C=O) groups excluding carboxylic acids is 1. The Morgan fingerprint density at radius 3 is 2.60 bits per heavy atom. The van der Waals surface area contributed by atoms with Crippen molar-refractivity contribution in [3.05, 3.63) is 36.7 Å². The second kappa shape index (κ2) is 11.4. The molecule has 3 fully saturated rings. The molecule has 4 N–H and O–H groups in total. The number of hydrogen-bond acceptors (Lipinski definition) is 12. The first-order valence-electron chi connectivity index (χ1n) is 14.7. The standard InChI is InChI=1S/C28H35F2N6O8P/c1-4-40-21-19-20(33-25(31)34-21)36(15-32-19)24-26(3,29)27(38)23(28(27,30)42-24)44-45(39,43-18-13-9-6-10-14-18)35-16(2)22(37)41-17-11-7-5-8-12-17/h6,9-10,13-17,23-24,38H,4-5,7-8,11-12H2,1-3H3,(H,35,39)(H2,31,33,34)/t16?,23?,24-,26+,27+,28-,45-/m1/s1. The number of fused-ring (bicyclic) bond motifs is 2. The van der Waals surface area contributed by atoms with Gasteiger partial charge in [-0.1, -0.05) is 24.6 Å². The van der Waals surface area contributed by atoms with E-state index in [0.29, 0.717) is 12.8 Å². The molecule has 1 aromatic carbocycles. The fraction of sp³-hybridized carbons (Fsp3) is 0.571. The lowest BCUT2D eigenvalue weighted by molar-refractivity contribution is -0.157. The number of imidazole rings is 1. The van der Waals surface area contributed by atoms with Crippen LogP contribution in [0, 0.1) is 0 Å². The molecule has 17 heteroatoms. The average molecular weight is 653 g/mol. The van der Waals surface area contributed by atoms with Crippen LogP contribution < -0.4 is 20.1 Å². The summed E-state index contributed by atoms with van der Waals surface area (Å²) < 4.78 is 75.7. The number of benzene rings is 1. The Balaban J connectivity index is 1.25. The highest BCUT2D eigenvalue weighted by Gasteiger charge is 2.96. The Morgan fingerprint density at radius 1 is 1.24 bits per heavy atom. The molecule has 7 atom stereocenters. The van der Waals surface area contributed by atoms with Crippen molar-refractivity contribution in [3.8, 4) is 11.6 Å². The third kappa shape index (κ3) is 5.31. The van der Waals surface area contributed by atoms with Crippen LogP contribution in [0.15, 0.2) is 36.7 Å². The van der Waals surface area contributed by atoms with Crippen molar-refractivity contribution in [2.45, 2.75) is 94.5 Å². The number of anilines is 1. The van der Waals surface area contributed by atoms with E-state index >= 15 is 8.78 Å². The molecule has 1 saturated heterocycles. The largest absolute Gasteiger partial charge is 0.476 e. The van der Waals surface area contributed by atoms with Crippen molar-refractivity contribution in [2.75, 3.05) is 12.3 Å². The van der Waals surface area contributed by atoms with Crippen molar-refractivity contribution >= 4 is 30.8 Å². The molecule has 2 unspecified atom stereocenters. The summed E-state index contributed by atoms with van der Waals surface area (Å²) in [6, 6.07) is 6.53. The molecule has 0 amide bonds. The number of nitrogens with one attached hydrogen (secondary N) is 1. The minimum atomic E-state index is -4.70. The predicted octanol–water partition coefficient (Wildman–Crippen LogP) is 3.90. The van der Waals surface area contributed by atoms with E-state index < -0.39 is 49.2 Å². The van der Waals surface area contributed by atoms with Crippen LogP contribution in [0.1, 0.15) is 59.1 Å². The molecule has 2 aromatic heterocycles. The number of alkyl halides is 2. The van der Waals surface area contributed by atoms with Gasteiger partial charge in [-0.3, -0.25) is 13.9 Å². The van der Waals surface area contributed by atoms with Crippen LogP contribution in [-0.4, -0.2) is 72.6 Å². The summed E-state index contributed by atoms with van der Waals surface area (Å²) >= 11 is 0. The van der Waals surface area contributed by atoms with E-state index in [2.05, 4.69) is 20.0 Å². The first-order valence-corrected chi connectivity index (χ1v) is 16.3. The molecule has 45 heavy (non-hydrogen) atoms. The number of nitrogen functional groups attached to an aromatic ring is 1. The number of aliphatic hydroxyl groups is 1. The van der Waals surface area contributed by atoms with Crippen LogP contribution in [0.25, 0.3) is 11.2 Å². The number of aromatic nitrogens is 4. The van der Waals surface area contributed by atoms with E-state index in [-0.39, 0.29) is 41.5 Å². The number of esters is 1. The van der Waals surface area contributed by atoms with E-state index in [1.807, 2.05) is 0 Å². The molecule has 2 aliphatic carbocycles. The predicted molar refractivity (Wildman–Crippen MR) is 154 cm³/mol. The zero-order valence-electron chi connectivity index (χ0n) is 24.9. The van der Waals surface area contributed by atoms with Gasteiger partial charge in [0.05, 0.1) is 12.9 Å². The number of hydrogen-bond donors (Lipinski definition) is 3. The second-order valence-corrected chi connectivity index (χ2v) is 13.2. The lowest BCUT2D eigenvalue weighted by atomic mass is 9.97. The smallest absolute Gasteiger partial charge is 0.460 e. The molecular formula is C28H35F2N6O8P. The van der Waals surface area contributed by atoms with Gasteiger partial charge in [0.1, 0.15) is 17.9 Å². The SMILES string of the molecule is CCOc1nc(N)nc2c1ncn2[C@@H]1O[C@]2(F)C(O[P@@](=O)(NC(C)C(=O)OC3CCCCC3)Oc3ccccc3)[C@]2(O)[C@@]1(C)F. The molecule has 3 aliphatic rings. The molecule has 1 aliphatic heterocycles. The maximum atomic E-state index is 16.6. The minimum Gasteiger partial charge on any atom is -0.476 e. The maximum absolute atomic E-state index is 16.6. The van der Waals surface area contributed by atoms with E-state index in [9.17, 15) is 14.5 Å². The van der Waals surface area contributed by atoms with Gasteiger partial charge in [-0.05, 0) is 58.6 Å². The molecule has 0 bridgehead atoms. The Hall–Kier alpha value is -3.43.